The maximum Gasteiger partial charge on any atom is 0.379 e. The third-order valence-corrected chi connectivity index (χ3v) is 5.54. The normalized spacial score (nSPS) is 14.2. The lowest BCUT2D eigenvalue weighted by Gasteiger charge is -2.13. The van der Waals surface area contributed by atoms with Gasteiger partial charge in [0.05, 0.1) is 10.7 Å². The number of nitrogens with zero attached hydrogens (tertiary/aromatic N) is 1. The molecule has 0 saturated heterocycles. The fourth-order valence-electron chi connectivity index (χ4n) is 3.46. The maximum absolute atomic E-state index is 13.1. The smallest absolute Gasteiger partial charge is 0.379 e. The summed E-state index contributed by atoms with van der Waals surface area (Å²) >= 11 is 12.0. The minimum Gasteiger partial charge on any atom is -0.453 e. The first kappa shape index (κ1) is 22.0. The van der Waals surface area contributed by atoms with E-state index in [1.165, 1.54) is 36.4 Å². The van der Waals surface area contributed by atoms with Gasteiger partial charge >= 0.3 is 5.97 Å². The third-order valence-electron chi connectivity index (χ3n) is 5.01. The Kier molecular flexibility index (Phi) is 6.30. The lowest BCUT2D eigenvalue weighted by molar-refractivity contribution is 0.0698. The molecule has 0 aliphatic heterocycles. The second-order valence-corrected chi connectivity index (χ2v) is 8.02. The average molecular weight is 475 g/mol. The average Bonchev–Trinajstić information content (AvgIpc) is 3.12. The van der Waals surface area contributed by atoms with Crippen molar-refractivity contribution in [3.05, 3.63) is 86.5 Å². The largest absolute Gasteiger partial charge is 0.453 e. The highest BCUT2D eigenvalue weighted by Crippen LogP contribution is 2.32. The summed E-state index contributed by atoms with van der Waals surface area (Å²) in [6.45, 7) is 1.73. The van der Waals surface area contributed by atoms with Gasteiger partial charge in [-0.1, -0.05) is 23.2 Å². The van der Waals surface area contributed by atoms with E-state index in [9.17, 15) is 14.0 Å². The molecule has 3 aromatic rings. The highest BCUT2D eigenvalue weighted by Gasteiger charge is 2.29. The van der Waals surface area contributed by atoms with Crippen molar-refractivity contribution in [3.63, 3.8) is 0 Å². The van der Waals surface area contributed by atoms with E-state index in [2.05, 4.69) is 10.5 Å². The molecule has 4 rings (SSSR count). The van der Waals surface area contributed by atoms with Crippen molar-refractivity contribution in [1.29, 1.82) is 0 Å². The lowest BCUT2D eigenvalue weighted by atomic mass is 9.93. The Morgan fingerprint density at radius 2 is 1.88 bits per heavy atom. The predicted molar refractivity (Wildman–Crippen MR) is 118 cm³/mol. The van der Waals surface area contributed by atoms with E-state index in [4.69, 9.17) is 32.4 Å². The quantitative estimate of drug-likeness (QED) is 0.297. The van der Waals surface area contributed by atoms with Crippen LogP contribution >= 0.6 is 23.2 Å². The SMILES string of the molecule is Cc1c(C(=O)Oc2ccc(Cl)cc2Cl)oc2c1/C(=N/NC(=O)c1ccc(F)cc1)CCC2. The zero-order valence-corrected chi connectivity index (χ0v) is 18.4. The van der Waals surface area contributed by atoms with E-state index in [1.807, 2.05) is 0 Å². The van der Waals surface area contributed by atoms with Gasteiger partial charge in [0, 0.05) is 28.1 Å². The first-order valence-electron chi connectivity index (χ1n) is 9.76. The monoisotopic (exact) mass is 474 g/mol. The van der Waals surface area contributed by atoms with Crippen LogP contribution in [-0.4, -0.2) is 17.6 Å². The summed E-state index contributed by atoms with van der Waals surface area (Å²) in [5, 5.41) is 4.86. The van der Waals surface area contributed by atoms with Gasteiger partial charge in [0.2, 0.25) is 5.76 Å². The Hall–Kier alpha value is -3.16. The number of aryl methyl sites for hydroxylation is 1. The number of rotatable bonds is 4. The standard InChI is InChI=1S/C23H17Cl2FN2O4/c1-12-20-17(27-28-22(29)13-5-8-15(26)9-6-13)3-2-4-19(20)31-21(12)23(30)32-18-10-7-14(24)11-16(18)25/h5-11H,2-4H2,1H3,(H,28,29)/b27-17+. The van der Waals surface area contributed by atoms with Crippen molar-refractivity contribution in [2.45, 2.75) is 26.2 Å². The Balaban J connectivity index is 1.57. The molecular weight excluding hydrogens is 458 g/mol. The minimum absolute atomic E-state index is 0.0421. The van der Waals surface area contributed by atoms with Gasteiger partial charge in [0.15, 0.2) is 0 Å². The number of carbonyl (C=O) groups is 2. The number of amides is 1. The number of hydrazone groups is 1. The van der Waals surface area contributed by atoms with E-state index < -0.39 is 17.7 Å². The zero-order chi connectivity index (χ0) is 22.8. The number of furan rings is 1. The summed E-state index contributed by atoms with van der Waals surface area (Å²) in [5.74, 6) is -0.801. The molecule has 0 bridgehead atoms. The summed E-state index contributed by atoms with van der Waals surface area (Å²) < 4.78 is 24.2. The van der Waals surface area contributed by atoms with Gasteiger partial charge in [-0.25, -0.2) is 14.6 Å². The topological polar surface area (TPSA) is 80.9 Å². The van der Waals surface area contributed by atoms with E-state index in [0.29, 0.717) is 40.5 Å². The van der Waals surface area contributed by atoms with Crippen molar-refractivity contribution < 1.29 is 23.1 Å². The molecule has 1 heterocycles. The molecule has 0 radical (unpaired) electrons. The van der Waals surface area contributed by atoms with Crippen LogP contribution in [0.4, 0.5) is 4.39 Å². The van der Waals surface area contributed by atoms with E-state index >= 15 is 0 Å². The van der Waals surface area contributed by atoms with Gasteiger partial charge in [0.25, 0.3) is 5.91 Å². The van der Waals surface area contributed by atoms with Gasteiger partial charge in [-0.3, -0.25) is 4.79 Å². The van der Waals surface area contributed by atoms with E-state index in [1.54, 1.807) is 13.0 Å². The number of nitrogens with one attached hydrogen (secondary N) is 1. The molecule has 1 aliphatic carbocycles. The van der Waals surface area contributed by atoms with Crippen molar-refractivity contribution in [1.82, 2.24) is 5.43 Å². The summed E-state index contributed by atoms with van der Waals surface area (Å²) in [4.78, 5) is 25.0. The molecule has 0 fully saturated rings. The molecule has 2 aromatic carbocycles. The van der Waals surface area contributed by atoms with Crippen LogP contribution in [-0.2, 0) is 6.42 Å². The Bertz CT molecular complexity index is 1240. The molecule has 1 N–H and O–H groups in total. The molecular formula is C23H17Cl2FN2O4. The first-order chi connectivity index (χ1) is 15.3. The van der Waals surface area contributed by atoms with Crippen LogP contribution in [0.1, 0.15) is 50.6 Å². The summed E-state index contributed by atoms with van der Waals surface area (Å²) in [6, 6.07) is 9.67. The first-order valence-corrected chi connectivity index (χ1v) is 10.5. The van der Waals surface area contributed by atoms with Crippen molar-refractivity contribution in [2.24, 2.45) is 5.10 Å². The summed E-state index contributed by atoms with van der Waals surface area (Å²) in [7, 11) is 0. The number of ether oxygens (including phenoxy) is 1. The fraction of sp³-hybridized carbons (Fsp3) is 0.174. The molecule has 1 amide bonds. The van der Waals surface area contributed by atoms with Crippen LogP contribution in [0.3, 0.4) is 0 Å². The molecule has 6 nitrogen and oxygen atoms in total. The summed E-state index contributed by atoms with van der Waals surface area (Å²) in [6.07, 6.45) is 1.95. The van der Waals surface area contributed by atoms with Crippen LogP contribution in [0.15, 0.2) is 52.0 Å². The molecule has 0 spiro atoms. The van der Waals surface area contributed by atoms with E-state index in [0.717, 1.165) is 6.42 Å². The molecule has 0 saturated carbocycles. The Morgan fingerprint density at radius 1 is 1.12 bits per heavy atom. The van der Waals surface area contributed by atoms with E-state index in [-0.39, 0.29) is 22.1 Å². The molecule has 1 aliphatic rings. The maximum atomic E-state index is 13.1. The number of benzene rings is 2. The lowest BCUT2D eigenvalue weighted by Crippen LogP contribution is -2.22. The number of carbonyl (C=O) groups excluding carboxylic acids is 2. The highest BCUT2D eigenvalue weighted by atomic mass is 35.5. The fourth-order valence-corrected chi connectivity index (χ4v) is 3.91. The van der Waals surface area contributed by atoms with Gasteiger partial charge < -0.3 is 9.15 Å². The number of hydrogen-bond acceptors (Lipinski definition) is 5. The molecule has 1 aromatic heterocycles. The molecule has 0 unspecified atom stereocenters. The molecule has 32 heavy (non-hydrogen) atoms. The zero-order valence-electron chi connectivity index (χ0n) is 16.9. The van der Waals surface area contributed by atoms with Crippen LogP contribution < -0.4 is 10.2 Å². The third kappa shape index (κ3) is 4.54. The van der Waals surface area contributed by atoms with Gasteiger partial charge in [0.1, 0.15) is 17.3 Å². The minimum atomic E-state index is -0.698. The van der Waals surface area contributed by atoms with Crippen molar-refractivity contribution in [3.8, 4) is 5.75 Å². The second-order valence-electron chi connectivity index (χ2n) is 7.18. The molecule has 164 valence electrons. The Morgan fingerprint density at radius 3 is 2.59 bits per heavy atom. The molecule has 0 atom stereocenters. The number of halogens is 3. The van der Waals surface area contributed by atoms with Crippen LogP contribution in [0.2, 0.25) is 10.0 Å². The van der Waals surface area contributed by atoms with Crippen LogP contribution in [0, 0.1) is 12.7 Å². The summed E-state index contributed by atoms with van der Waals surface area (Å²) in [5.41, 5.74) is 4.58. The van der Waals surface area contributed by atoms with Gasteiger partial charge in [-0.2, -0.15) is 5.10 Å². The Labute approximate surface area is 193 Å². The molecule has 9 heteroatoms. The van der Waals surface area contributed by atoms with Gasteiger partial charge in [-0.05, 0) is 62.2 Å². The van der Waals surface area contributed by atoms with Crippen LogP contribution in [0.25, 0.3) is 0 Å². The number of fused-ring (bicyclic) bond motifs is 1. The second kappa shape index (κ2) is 9.14. The number of hydrogen-bond donors (Lipinski definition) is 1. The van der Waals surface area contributed by atoms with Gasteiger partial charge in [-0.15, -0.1) is 0 Å². The van der Waals surface area contributed by atoms with Crippen molar-refractivity contribution in [2.75, 3.05) is 0 Å². The highest BCUT2D eigenvalue weighted by molar-refractivity contribution is 6.35. The predicted octanol–water partition coefficient (Wildman–Crippen LogP) is 5.72. The van der Waals surface area contributed by atoms with Crippen molar-refractivity contribution >= 4 is 40.8 Å². The van der Waals surface area contributed by atoms with Crippen LogP contribution in [0.5, 0.6) is 5.75 Å². The number of esters is 1.